The van der Waals surface area contributed by atoms with Crippen LogP contribution in [0.1, 0.15) is 15.9 Å². The van der Waals surface area contributed by atoms with Crippen LogP contribution in [0.3, 0.4) is 0 Å². The first kappa shape index (κ1) is 15.4. The second kappa shape index (κ2) is 5.80. The van der Waals surface area contributed by atoms with Crippen molar-refractivity contribution < 1.29 is 23.4 Å². The molecule has 2 aromatic rings. The molecule has 0 aliphatic heterocycles. The number of aliphatic hydroxyl groups excluding tert-OH is 1. The third-order valence-electron chi connectivity index (χ3n) is 2.60. The van der Waals surface area contributed by atoms with Crippen molar-refractivity contribution in [3.63, 3.8) is 0 Å². The fourth-order valence-electron chi connectivity index (χ4n) is 1.56. The highest BCUT2D eigenvalue weighted by Gasteiger charge is 2.17. The van der Waals surface area contributed by atoms with E-state index in [1.807, 2.05) is 0 Å². The van der Waals surface area contributed by atoms with Crippen molar-refractivity contribution in [3.8, 4) is 5.75 Å². The van der Waals surface area contributed by atoms with Gasteiger partial charge in [-0.05, 0) is 6.07 Å². The van der Waals surface area contributed by atoms with Crippen LogP contribution >= 0.6 is 11.3 Å². The molecular weight excluding hydrogens is 316 g/mol. The molecule has 1 aromatic heterocycles. The Hall–Kier alpha value is -1.97. The van der Waals surface area contributed by atoms with Gasteiger partial charge >= 0.3 is 0 Å². The predicted molar refractivity (Wildman–Crippen MR) is 77.2 cm³/mol. The van der Waals surface area contributed by atoms with Crippen molar-refractivity contribution >= 4 is 32.2 Å². The van der Waals surface area contributed by atoms with Crippen LogP contribution in [0.25, 0.3) is 0 Å². The first-order chi connectivity index (χ1) is 9.82. The number of sulfone groups is 1. The van der Waals surface area contributed by atoms with Gasteiger partial charge in [-0.25, -0.2) is 13.4 Å². The molecule has 7 nitrogen and oxygen atoms in total. The average molecular weight is 328 g/mol. The highest BCUT2D eigenvalue weighted by atomic mass is 32.2. The number of aromatic nitrogens is 1. The maximum absolute atomic E-state index is 12.0. The van der Waals surface area contributed by atoms with Crippen LogP contribution in [0.15, 0.2) is 28.6 Å². The Morgan fingerprint density at radius 2 is 2.14 bits per heavy atom. The van der Waals surface area contributed by atoms with Gasteiger partial charge in [0.15, 0.2) is 15.0 Å². The van der Waals surface area contributed by atoms with Gasteiger partial charge in [-0.3, -0.25) is 10.1 Å². The number of aliphatic hydroxyl groups is 1. The lowest BCUT2D eigenvalue weighted by molar-refractivity contribution is 0.102. The minimum absolute atomic E-state index is 0.0299. The summed E-state index contributed by atoms with van der Waals surface area (Å²) in [6, 6.07) is 4.39. The normalized spacial score (nSPS) is 11.3. The molecule has 0 spiro atoms. The van der Waals surface area contributed by atoms with Gasteiger partial charge in [0.05, 0.1) is 18.4 Å². The Kier molecular flexibility index (Phi) is 4.26. The summed E-state index contributed by atoms with van der Waals surface area (Å²) in [4.78, 5) is 15.8. The Morgan fingerprint density at radius 1 is 1.43 bits per heavy atom. The fourth-order valence-corrected chi connectivity index (χ4v) is 3.19. The number of para-hydroxylation sites is 1. The Balaban J connectivity index is 2.25. The molecule has 1 amide bonds. The summed E-state index contributed by atoms with van der Waals surface area (Å²) in [6.07, 6.45) is 2.20. The molecule has 21 heavy (non-hydrogen) atoms. The topological polar surface area (TPSA) is 117 Å². The summed E-state index contributed by atoms with van der Waals surface area (Å²) in [5.74, 6) is -0.963. The van der Waals surface area contributed by atoms with E-state index >= 15 is 0 Å². The van der Waals surface area contributed by atoms with Gasteiger partial charge in [0, 0.05) is 11.8 Å². The minimum atomic E-state index is -3.38. The SMILES string of the molecule is CS(=O)(=O)c1cnc(NC(=O)c2cccc(CO)c2O)s1. The van der Waals surface area contributed by atoms with E-state index in [0.717, 1.165) is 23.8 Å². The smallest absolute Gasteiger partial charge is 0.261 e. The van der Waals surface area contributed by atoms with E-state index in [0.29, 0.717) is 0 Å². The zero-order chi connectivity index (χ0) is 15.6. The number of aromatic hydroxyl groups is 1. The van der Waals surface area contributed by atoms with E-state index in [1.54, 1.807) is 0 Å². The molecule has 0 fully saturated rings. The monoisotopic (exact) mass is 328 g/mol. The van der Waals surface area contributed by atoms with Crippen LogP contribution < -0.4 is 5.32 Å². The first-order valence-corrected chi connectivity index (χ1v) is 8.42. The zero-order valence-corrected chi connectivity index (χ0v) is 12.5. The van der Waals surface area contributed by atoms with Gasteiger partial charge in [0.1, 0.15) is 9.96 Å². The molecule has 3 N–H and O–H groups in total. The van der Waals surface area contributed by atoms with Gasteiger partial charge < -0.3 is 10.2 Å². The van der Waals surface area contributed by atoms with Crippen LogP contribution in [-0.4, -0.2) is 35.8 Å². The number of hydrogen-bond acceptors (Lipinski definition) is 7. The number of nitrogens with zero attached hydrogens (tertiary/aromatic N) is 1. The standard InChI is InChI=1S/C12H12N2O5S2/c1-21(18,19)9-5-13-12(20-9)14-11(17)8-4-2-3-7(6-15)10(8)16/h2-5,15-16H,6H2,1H3,(H,13,14,17). The molecule has 1 heterocycles. The largest absolute Gasteiger partial charge is 0.507 e. The summed E-state index contributed by atoms with van der Waals surface area (Å²) in [5, 5.41) is 21.4. The van der Waals surface area contributed by atoms with Gasteiger partial charge in [-0.15, -0.1) is 0 Å². The molecule has 0 aliphatic carbocycles. The van der Waals surface area contributed by atoms with Crippen LogP contribution in [-0.2, 0) is 16.4 Å². The minimum Gasteiger partial charge on any atom is -0.507 e. The summed E-state index contributed by atoms with van der Waals surface area (Å²) < 4.78 is 22.7. The number of hydrogen-bond donors (Lipinski definition) is 3. The third-order valence-corrected chi connectivity index (χ3v) is 5.31. The second-order valence-corrected chi connectivity index (χ2v) is 7.46. The summed E-state index contributed by atoms with van der Waals surface area (Å²) >= 11 is 0.817. The van der Waals surface area contributed by atoms with E-state index in [1.165, 1.54) is 18.2 Å². The molecule has 112 valence electrons. The molecule has 0 aliphatic rings. The number of carbonyl (C=O) groups excluding carboxylic acids is 1. The number of anilines is 1. The van der Waals surface area contributed by atoms with E-state index in [-0.39, 0.29) is 26.2 Å². The maximum Gasteiger partial charge on any atom is 0.261 e. The molecule has 2 rings (SSSR count). The van der Waals surface area contributed by atoms with Crippen LogP contribution in [0.5, 0.6) is 5.75 Å². The number of rotatable bonds is 4. The van der Waals surface area contributed by atoms with Gasteiger partial charge in [-0.1, -0.05) is 23.5 Å². The summed E-state index contributed by atoms with van der Waals surface area (Å²) in [5.41, 5.74) is 0.191. The predicted octanol–water partition coefficient (Wildman–Crippen LogP) is 0.997. The van der Waals surface area contributed by atoms with Gasteiger partial charge in [0.2, 0.25) is 0 Å². The Labute approximate surface area is 124 Å². The van der Waals surface area contributed by atoms with Crippen molar-refractivity contribution in [2.24, 2.45) is 0 Å². The first-order valence-electron chi connectivity index (χ1n) is 5.72. The van der Waals surface area contributed by atoms with Crippen LogP contribution in [0.4, 0.5) is 5.13 Å². The molecule has 0 saturated heterocycles. The van der Waals surface area contributed by atoms with Crippen molar-refractivity contribution in [2.45, 2.75) is 10.8 Å². The molecule has 0 atom stereocenters. The van der Waals surface area contributed by atoms with E-state index in [9.17, 15) is 18.3 Å². The van der Waals surface area contributed by atoms with Crippen LogP contribution in [0.2, 0.25) is 0 Å². The Bertz CT molecular complexity index is 783. The molecular formula is C12H12N2O5S2. The number of carbonyl (C=O) groups is 1. The number of nitrogens with one attached hydrogen (secondary N) is 1. The molecule has 0 unspecified atom stereocenters. The van der Waals surface area contributed by atoms with E-state index < -0.39 is 22.4 Å². The van der Waals surface area contributed by atoms with Crippen molar-refractivity contribution in [2.75, 3.05) is 11.6 Å². The zero-order valence-electron chi connectivity index (χ0n) is 10.9. The molecule has 1 aromatic carbocycles. The number of phenols is 1. The van der Waals surface area contributed by atoms with Crippen LogP contribution in [0, 0.1) is 0 Å². The van der Waals surface area contributed by atoms with Gasteiger partial charge in [-0.2, -0.15) is 0 Å². The van der Waals surface area contributed by atoms with Gasteiger partial charge in [0.25, 0.3) is 5.91 Å². The van der Waals surface area contributed by atoms with Crippen molar-refractivity contribution in [1.82, 2.24) is 4.98 Å². The summed E-state index contributed by atoms with van der Waals surface area (Å²) in [6.45, 7) is -0.400. The highest BCUT2D eigenvalue weighted by molar-refractivity contribution is 7.92. The lowest BCUT2D eigenvalue weighted by Gasteiger charge is -2.07. The highest BCUT2D eigenvalue weighted by Crippen LogP contribution is 2.26. The lowest BCUT2D eigenvalue weighted by atomic mass is 10.1. The lowest BCUT2D eigenvalue weighted by Crippen LogP contribution is -2.12. The average Bonchev–Trinajstić information content (AvgIpc) is 2.87. The maximum atomic E-state index is 12.0. The van der Waals surface area contributed by atoms with E-state index in [2.05, 4.69) is 10.3 Å². The molecule has 0 radical (unpaired) electrons. The molecule has 0 saturated carbocycles. The van der Waals surface area contributed by atoms with Crippen molar-refractivity contribution in [1.29, 1.82) is 0 Å². The van der Waals surface area contributed by atoms with Crippen molar-refractivity contribution in [3.05, 3.63) is 35.5 Å². The third kappa shape index (κ3) is 3.38. The fraction of sp³-hybridized carbons (Fsp3) is 0.167. The number of benzene rings is 1. The van der Waals surface area contributed by atoms with E-state index in [4.69, 9.17) is 5.11 Å². The quantitative estimate of drug-likeness (QED) is 0.771. The molecule has 9 heteroatoms. The number of thiazole rings is 1. The second-order valence-electron chi connectivity index (χ2n) is 4.18. The number of amides is 1. The molecule has 0 bridgehead atoms. The Morgan fingerprint density at radius 3 is 2.71 bits per heavy atom. The summed E-state index contributed by atoms with van der Waals surface area (Å²) in [7, 11) is -3.38.